The second-order valence-corrected chi connectivity index (χ2v) is 6.39. The second-order valence-electron chi connectivity index (χ2n) is 6.39. The molecule has 1 fully saturated rings. The van der Waals surface area contributed by atoms with Crippen molar-refractivity contribution in [2.24, 2.45) is 5.41 Å². The van der Waals surface area contributed by atoms with Crippen LogP contribution in [0.1, 0.15) is 44.4 Å². The van der Waals surface area contributed by atoms with Gasteiger partial charge in [0.15, 0.2) is 0 Å². The Labute approximate surface area is 128 Å². The Morgan fingerprint density at radius 1 is 1.27 bits per heavy atom. The molecule has 0 aromatic heterocycles. The molecule has 1 aliphatic rings. The van der Waals surface area contributed by atoms with Gasteiger partial charge in [0.25, 0.3) is 0 Å². The largest absolute Gasteiger partial charge is 0.409 e. The van der Waals surface area contributed by atoms with Crippen LogP contribution in [-0.4, -0.2) is 23.6 Å². The van der Waals surface area contributed by atoms with Gasteiger partial charge in [-0.3, -0.25) is 10.2 Å². The normalized spacial score (nSPS) is 20.0. The molecular weight excluding hydrogens is 293 g/mol. The van der Waals surface area contributed by atoms with E-state index in [-0.39, 0.29) is 18.0 Å². The molecule has 0 aliphatic carbocycles. The number of hydrazine groups is 1. The predicted molar refractivity (Wildman–Crippen MR) is 77.9 cm³/mol. The summed E-state index contributed by atoms with van der Waals surface area (Å²) >= 11 is 0. The number of nitrogens with one attached hydrogen (secondary N) is 1. The summed E-state index contributed by atoms with van der Waals surface area (Å²) in [5.41, 5.74) is 2.69. The number of halogens is 3. The highest BCUT2D eigenvalue weighted by atomic mass is 19.4. The fourth-order valence-corrected chi connectivity index (χ4v) is 2.68. The first-order valence-corrected chi connectivity index (χ1v) is 7.38. The van der Waals surface area contributed by atoms with Crippen LogP contribution in [0.25, 0.3) is 0 Å². The van der Waals surface area contributed by atoms with Gasteiger partial charge in [-0.15, -0.1) is 0 Å². The fourth-order valence-electron chi connectivity index (χ4n) is 2.68. The van der Waals surface area contributed by atoms with E-state index < -0.39 is 17.6 Å². The standard InChI is InChI=1S/C16H21F3N2O/c1-4-5-11-6-8-12(9-7-11)13(16(17,18)19)21-10-15(2,3)14(22)20-21/h6-9,13H,4-5,10H2,1-3H3,(H,20,22)/t13-/m0/s1. The molecule has 0 spiro atoms. The average Bonchev–Trinajstić information content (AvgIpc) is 2.64. The molecule has 1 N–H and O–H groups in total. The molecule has 22 heavy (non-hydrogen) atoms. The molecule has 2 rings (SSSR count). The van der Waals surface area contributed by atoms with Gasteiger partial charge in [-0.2, -0.15) is 13.2 Å². The number of nitrogens with zero attached hydrogens (tertiary/aromatic N) is 1. The number of aryl methyl sites for hydroxylation is 1. The minimum Gasteiger partial charge on any atom is -0.287 e. The van der Waals surface area contributed by atoms with Crippen LogP contribution < -0.4 is 5.43 Å². The zero-order valence-electron chi connectivity index (χ0n) is 13.0. The number of rotatable bonds is 4. The Balaban J connectivity index is 2.30. The summed E-state index contributed by atoms with van der Waals surface area (Å²) in [5, 5.41) is 0.997. The predicted octanol–water partition coefficient (Wildman–Crippen LogP) is 3.62. The lowest BCUT2D eigenvalue weighted by molar-refractivity contribution is -0.191. The molecule has 0 saturated carbocycles. The highest BCUT2D eigenvalue weighted by molar-refractivity contribution is 5.83. The third-order valence-electron chi connectivity index (χ3n) is 3.88. The lowest BCUT2D eigenvalue weighted by Crippen LogP contribution is -2.43. The number of hydrogen-bond acceptors (Lipinski definition) is 2. The van der Waals surface area contributed by atoms with Gasteiger partial charge in [-0.1, -0.05) is 37.6 Å². The van der Waals surface area contributed by atoms with Crippen molar-refractivity contribution in [2.75, 3.05) is 6.54 Å². The smallest absolute Gasteiger partial charge is 0.287 e. The number of carbonyl (C=O) groups excluding carboxylic acids is 1. The molecule has 6 heteroatoms. The van der Waals surface area contributed by atoms with E-state index in [0.29, 0.717) is 0 Å². The van der Waals surface area contributed by atoms with Crippen molar-refractivity contribution in [3.8, 4) is 0 Å². The zero-order chi connectivity index (χ0) is 16.5. The number of alkyl halides is 3. The third-order valence-corrected chi connectivity index (χ3v) is 3.88. The second kappa shape index (κ2) is 5.91. The Morgan fingerprint density at radius 2 is 1.86 bits per heavy atom. The fraction of sp³-hybridized carbons (Fsp3) is 0.562. The first-order chi connectivity index (χ1) is 10.1. The summed E-state index contributed by atoms with van der Waals surface area (Å²) in [6.07, 6.45) is -2.68. The Hall–Kier alpha value is -1.56. The van der Waals surface area contributed by atoms with Crippen LogP contribution in [0.4, 0.5) is 13.2 Å². The Bertz CT molecular complexity index is 537. The highest BCUT2D eigenvalue weighted by Crippen LogP contribution is 2.40. The van der Waals surface area contributed by atoms with E-state index in [1.165, 1.54) is 12.1 Å². The van der Waals surface area contributed by atoms with Gasteiger partial charge in [0, 0.05) is 6.54 Å². The maximum absolute atomic E-state index is 13.5. The first-order valence-electron chi connectivity index (χ1n) is 7.38. The topological polar surface area (TPSA) is 32.3 Å². The van der Waals surface area contributed by atoms with Crippen molar-refractivity contribution in [1.29, 1.82) is 0 Å². The molecule has 0 unspecified atom stereocenters. The number of benzene rings is 1. The maximum atomic E-state index is 13.5. The van der Waals surface area contributed by atoms with E-state index in [2.05, 4.69) is 5.43 Å². The Morgan fingerprint density at radius 3 is 2.27 bits per heavy atom. The number of amides is 1. The van der Waals surface area contributed by atoms with Crippen molar-refractivity contribution >= 4 is 5.91 Å². The minimum absolute atomic E-state index is 0.0206. The monoisotopic (exact) mass is 314 g/mol. The molecule has 0 bridgehead atoms. The molecule has 1 heterocycles. The van der Waals surface area contributed by atoms with Gasteiger partial charge in [0.05, 0.1) is 5.41 Å². The van der Waals surface area contributed by atoms with Crippen LogP contribution in [-0.2, 0) is 11.2 Å². The van der Waals surface area contributed by atoms with Crippen LogP contribution >= 0.6 is 0 Å². The maximum Gasteiger partial charge on any atom is 0.409 e. The van der Waals surface area contributed by atoms with Crippen LogP contribution in [0.3, 0.4) is 0 Å². The SMILES string of the molecule is CCCc1ccc([C@H](N2CC(C)(C)C(=O)N2)C(F)(F)F)cc1. The summed E-state index contributed by atoms with van der Waals surface area (Å²) in [4.78, 5) is 11.8. The van der Waals surface area contributed by atoms with Crippen molar-refractivity contribution in [1.82, 2.24) is 10.4 Å². The number of hydrogen-bond donors (Lipinski definition) is 1. The van der Waals surface area contributed by atoms with E-state index in [1.807, 2.05) is 6.92 Å². The zero-order valence-corrected chi connectivity index (χ0v) is 13.0. The van der Waals surface area contributed by atoms with Gasteiger partial charge in [0.2, 0.25) is 5.91 Å². The van der Waals surface area contributed by atoms with E-state index >= 15 is 0 Å². The summed E-state index contributed by atoms with van der Waals surface area (Å²) in [6, 6.07) is 4.62. The quantitative estimate of drug-likeness (QED) is 0.920. The van der Waals surface area contributed by atoms with Gasteiger partial charge < -0.3 is 0 Å². The summed E-state index contributed by atoms with van der Waals surface area (Å²) < 4.78 is 40.5. The van der Waals surface area contributed by atoms with Gasteiger partial charge >= 0.3 is 6.18 Å². The minimum atomic E-state index is -4.46. The van der Waals surface area contributed by atoms with Crippen LogP contribution in [0.2, 0.25) is 0 Å². The number of carbonyl (C=O) groups is 1. The highest BCUT2D eigenvalue weighted by Gasteiger charge is 2.51. The third kappa shape index (κ3) is 3.43. The van der Waals surface area contributed by atoms with Crippen LogP contribution in [0.15, 0.2) is 24.3 Å². The van der Waals surface area contributed by atoms with Gasteiger partial charge in [0.1, 0.15) is 6.04 Å². The molecule has 122 valence electrons. The molecule has 1 saturated heterocycles. The Kier molecular flexibility index (Phi) is 4.52. The van der Waals surface area contributed by atoms with Crippen molar-refractivity contribution < 1.29 is 18.0 Å². The lowest BCUT2D eigenvalue weighted by atomic mass is 9.93. The molecule has 1 aromatic carbocycles. The molecule has 1 amide bonds. The van der Waals surface area contributed by atoms with Gasteiger partial charge in [-0.25, -0.2) is 5.01 Å². The summed E-state index contributed by atoms with van der Waals surface area (Å²) in [5.74, 6) is -0.385. The average molecular weight is 314 g/mol. The summed E-state index contributed by atoms with van der Waals surface area (Å²) in [7, 11) is 0. The van der Waals surface area contributed by atoms with Crippen molar-refractivity contribution in [3.63, 3.8) is 0 Å². The molecule has 0 radical (unpaired) electrons. The molecule has 1 atom stereocenters. The first kappa shape index (κ1) is 16.8. The van der Waals surface area contributed by atoms with E-state index in [9.17, 15) is 18.0 Å². The van der Waals surface area contributed by atoms with E-state index in [4.69, 9.17) is 0 Å². The van der Waals surface area contributed by atoms with E-state index in [0.717, 1.165) is 23.4 Å². The lowest BCUT2D eigenvalue weighted by Gasteiger charge is -2.30. The molecule has 1 aromatic rings. The van der Waals surface area contributed by atoms with Gasteiger partial charge in [-0.05, 0) is 31.4 Å². The molecule has 1 aliphatic heterocycles. The van der Waals surface area contributed by atoms with Crippen LogP contribution in [0.5, 0.6) is 0 Å². The van der Waals surface area contributed by atoms with Crippen molar-refractivity contribution in [3.05, 3.63) is 35.4 Å². The summed E-state index contributed by atoms with van der Waals surface area (Å²) in [6.45, 7) is 5.32. The molecule has 3 nitrogen and oxygen atoms in total. The van der Waals surface area contributed by atoms with E-state index in [1.54, 1.807) is 26.0 Å². The van der Waals surface area contributed by atoms with Crippen LogP contribution in [0, 0.1) is 5.41 Å². The molecular formula is C16H21F3N2O. The van der Waals surface area contributed by atoms with Crippen molar-refractivity contribution in [2.45, 2.75) is 45.8 Å².